The maximum atomic E-state index is 13.0. The fraction of sp³-hybridized carbons (Fsp3) is 0.455. The van der Waals surface area contributed by atoms with Gasteiger partial charge in [0.2, 0.25) is 0 Å². The Kier molecular flexibility index (Phi) is 6.07. The standard InChI is InChI=1S/C11H14BrFN2O2/c1-17-5-4-15(3-2-12)11(16)9-6-10(13)8-14-7-9/h6-8H,2-5H2,1H3. The molecule has 6 heteroatoms. The van der Waals surface area contributed by atoms with Crippen LogP contribution in [0, 0.1) is 5.82 Å². The molecule has 0 fully saturated rings. The third kappa shape index (κ3) is 4.40. The molecule has 4 nitrogen and oxygen atoms in total. The van der Waals surface area contributed by atoms with Crippen LogP contribution in [0.15, 0.2) is 18.5 Å². The molecule has 0 N–H and O–H groups in total. The van der Waals surface area contributed by atoms with Gasteiger partial charge in [-0.15, -0.1) is 0 Å². The van der Waals surface area contributed by atoms with E-state index < -0.39 is 5.82 Å². The van der Waals surface area contributed by atoms with Crippen molar-refractivity contribution in [3.8, 4) is 0 Å². The molecule has 0 bridgehead atoms. The van der Waals surface area contributed by atoms with Gasteiger partial charge in [0.05, 0.1) is 18.4 Å². The van der Waals surface area contributed by atoms with Gasteiger partial charge in [0.25, 0.3) is 5.91 Å². The molecule has 0 aromatic carbocycles. The lowest BCUT2D eigenvalue weighted by molar-refractivity contribution is 0.0708. The Hall–Kier alpha value is -1.01. The minimum absolute atomic E-state index is 0.242. The molecule has 0 unspecified atom stereocenters. The molecule has 0 atom stereocenters. The number of hydrogen-bond acceptors (Lipinski definition) is 3. The molecule has 0 saturated carbocycles. The summed E-state index contributed by atoms with van der Waals surface area (Å²) >= 11 is 3.27. The van der Waals surface area contributed by atoms with E-state index in [2.05, 4.69) is 20.9 Å². The van der Waals surface area contributed by atoms with Crippen molar-refractivity contribution >= 4 is 21.8 Å². The Labute approximate surface area is 108 Å². The minimum Gasteiger partial charge on any atom is -0.383 e. The van der Waals surface area contributed by atoms with Crippen LogP contribution in [0.5, 0.6) is 0 Å². The Morgan fingerprint density at radius 1 is 1.53 bits per heavy atom. The van der Waals surface area contributed by atoms with Crippen LogP contribution < -0.4 is 0 Å². The van der Waals surface area contributed by atoms with Crippen molar-refractivity contribution in [2.45, 2.75) is 0 Å². The summed E-state index contributed by atoms with van der Waals surface area (Å²) in [5.74, 6) is -0.755. The molecule has 0 radical (unpaired) electrons. The molecule has 1 heterocycles. The number of carbonyl (C=O) groups is 1. The molecule has 1 amide bonds. The number of halogens is 2. The van der Waals surface area contributed by atoms with E-state index in [0.29, 0.717) is 25.0 Å². The van der Waals surface area contributed by atoms with Crippen LogP contribution in [0.1, 0.15) is 10.4 Å². The summed E-state index contributed by atoms with van der Waals surface area (Å²) < 4.78 is 17.9. The summed E-state index contributed by atoms with van der Waals surface area (Å²) in [6.45, 7) is 1.46. The van der Waals surface area contributed by atoms with Gasteiger partial charge in [-0.2, -0.15) is 0 Å². The number of nitrogens with zero attached hydrogens (tertiary/aromatic N) is 2. The van der Waals surface area contributed by atoms with Gasteiger partial charge in [-0.05, 0) is 6.07 Å². The first-order valence-corrected chi connectivity index (χ1v) is 6.26. The molecule has 1 aromatic heterocycles. The van der Waals surface area contributed by atoms with Crippen molar-refractivity contribution in [1.82, 2.24) is 9.88 Å². The highest BCUT2D eigenvalue weighted by molar-refractivity contribution is 9.09. The Morgan fingerprint density at radius 2 is 2.29 bits per heavy atom. The molecular formula is C11H14BrFN2O2. The second kappa shape index (κ2) is 7.34. The summed E-state index contributed by atoms with van der Waals surface area (Å²) in [6, 6.07) is 1.18. The number of hydrogen-bond donors (Lipinski definition) is 0. The van der Waals surface area contributed by atoms with E-state index in [1.807, 2.05) is 0 Å². The Bertz CT molecular complexity index is 376. The number of rotatable bonds is 6. The maximum absolute atomic E-state index is 13.0. The second-order valence-corrected chi connectivity index (χ2v) is 4.16. The molecule has 1 aromatic rings. The van der Waals surface area contributed by atoms with Gasteiger partial charge in [-0.3, -0.25) is 9.78 Å². The Balaban J connectivity index is 2.76. The van der Waals surface area contributed by atoms with Crippen LogP contribution in [0.25, 0.3) is 0 Å². The zero-order chi connectivity index (χ0) is 12.7. The van der Waals surface area contributed by atoms with Gasteiger partial charge in [0.1, 0.15) is 5.82 Å². The van der Waals surface area contributed by atoms with Crippen molar-refractivity contribution in [2.75, 3.05) is 32.1 Å². The zero-order valence-corrected chi connectivity index (χ0v) is 11.1. The monoisotopic (exact) mass is 304 g/mol. The molecule has 1 rings (SSSR count). The first kappa shape index (κ1) is 14.1. The van der Waals surface area contributed by atoms with E-state index in [0.717, 1.165) is 6.20 Å². The molecule has 0 saturated heterocycles. The predicted molar refractivity (Wildman–Crippen MR) is 65.8 cm³/mol. The number of ether oxygens (including phenoxy) is 1. The van der Waals surface area contributed by atoms with Crippen molar-refractivity contribution in [1.29, 1.82) is 0 Å². The third-order valence-corrected chi connectivity index (χ3v) is 2.51. The molecular weight excluding hydrogens is 291 g/mol. The SMILES string of the molecule is COCCN(CCBr)C(=O)c1cncc(F)c1. The van der Waals surface area contributed by atoms with Gasteiger partial charge in [0, 0.05) is 31.7 Å². The molecule has 0 aliphatic rings. The average molecular weight is 305 g/mol. The van der Waals surface area contributed by atoms with E-state index in [9.17, 15) is 9.18 Å². The molecule has 17 heavy (non-hydrogen) atoms. The van der Waals surface area contributed by atoms with E-state index in [1.165, 1.54) is 12.3 Å². The van der Waals surface area contributed by atoms with E-state index in [4.69, 9.17) is 4.74 Å². The van der Waals surface area contributed by atoms with Crippen LogP contribution in [-0.2, 0) is 4.74 Å². The summed E-state index contributed by atoms with van der Waals surface area (Å²) in [6.07, 6.45) is 2.43. The summed E-state index contributed by atoms with van der Waals surface area (Å²) in [5, 5.41) is 0.658. The molecule has 0 aliphatic carbocycles. The highest BCUT2D eigenvalue weighted by Crippen LogP contribution is 2.06. The predicted octanol–water partition coefficient (Wildman–Crippen LogP) is 1.70. The summed E-state index contributed by atoms with van der Waals surface area (Å²) in [7, 11) is 1.57. The van der Waals surface area contributed by atoms with Crippen LogP contribution in [0.3, 0.4) is 0 Å². The first-order valence-electron chi connectivity index (χ1n) is 5.13. The van der Waals surface area contributed by atoms with E-state index >= 15 is 0 Å². The number of methoxy groups -OCH3 is 1. The van der Waals surface area contributed by atoms with Gasteiger partial charge < -0.3 is 9.64 Å². The summed E-state index contributed by atoms with van der Waals surface area (Å²) in [5.41, 5.74) is 0.252. The van der Waals surface area contributed by atoms with Crippen LogP contribution in [0.2, 0.25) is 0 Å². The van der Waals surface area contributed by atoms with Gasteiger partial charge in [0.15, 0.2) is 0 Å². The number of aromatic nitrogens is 1. The van der Waals surface area contributed by atoms with Crippen LogP contribution in [-0.4, -0.2) is 47.9 Å². The number of amides is 1. The summed E-state index contributed by atoms with van der Waals surface area (Å²) in [4.78, 5) is 17.3. The van der Waals surface area contributed by atoms with E-state index in [1.54, 1.807) is 12.0 Å². The highest BCUT2D eigenvalue weighted by atomic mass is 79.9. The lowest BCUT2D eigenvalue weighted by Gasteiger charge is -2.21. The lowest BCUT2D eigenvalue weighted by atomic mass is 10.2. The van der Waals surface area contributed by atoms with Gasteiger partial charge in [-0.1, -0.05) is 15.9 Å². The van der Waals surface area contributed by atoms with Gasteiger partial charge in [-0.25, -0.2) is 4.39 Å². The average Bonchev–Trinajstić information content (AvgIpc) is 2.33. The Morgan fingerprint density at radius 3 is 2.88 bits per heavy atom. The van der Waals surface area contributed by atoms with Gasteiger partial charge >= 0.3 is 0 Å². The lowest BCUT2D eigenvalue weighted by Crippen LogP contribution is -2.35. The highest BCUT2D eigenvalue weighted by Gasteiger charge is 2.15. The van der Waals surface area contributed by atoms with Crippen LogP contribution >= 0.6 is 15.9 Å². The zero-order valence-electron chi connectivity index (χ0n) is 9.53. The fourth-order valence-corrected chi connectivity index (χ4v) is 1.76. The molecule has 0 spiro atoms. The first-order chi connectivity index (χ1) is 8.19. The molecule has 0 aliphatic heterocycles. The number of carbonyl (C=O) groups excluding carboxylic acids is 1. The second-order valence-electron chi connectivity index (χ2n) is 3.37. The largest absolute Gasteiger partial charge is 0.383 e. The minimum atomic E-state index is -0.513. The maximum Gasteiger partial charge on any atom is 0.255 e. The van der Waals surface area contributed by atoms with Crippen molar-refractivity contribution in [2.24, 2.45) is 0 Å². The topological polar surface area (TPSA) is 42.4 Å². The van der Waals surface area contributed by atoms with Crippen LogP contribution in [0.4, 0.5) is 4.39 Å². The van der Waals surface area contributed by atoms with Crippen molar-refractivity contribution < 1.29 is 13.9 Å². The smallest absolute Gasteiger partial charge is 0.255 e. The number of pyridine rings is 1. The third-order valence-electron chi connectivity index (χ3n) is 2.16. The van der Waals surface area contributed by atoms with Crippen molar-refractivity contribution in [3.05, 3.63) is 29.8 Å². The normalized spacial score (nSPS) is 10.3. The van der Waals surface area contributed by atoms with Crippen molar-refractivity contribution in [3.63, 3.8) is 0 Å². The quantitative estimate of drug-likeness (QED) is 0.751. The van der Waals surface area contributed by atoms with E-state index in [-0.39, 0.29) is 11.5 Å². The molecule has 94 valence electrons. The number of alkyl halides is 1. The fourth-order valence-electron chi connectivity index (χ4n) is 1.33.